The predicted octanol–water partition coefficient (Wildman–Crippen LogP) is 4.18. The molecule has 1 aliphatic rings. The van der Waals surface area contributed by atoms with Gasteiger partial charge in [-0.05, 0) is 36.2 Å². The van der Waals surface area contributed by atoms with E-state index in [1.54, 1.807) is 0 Å². The van der Waals surface area contributed by atoms with Crippen molar-refractivity contribution in [3.05, 3.63) is 59.9 Å². The number of halogens is 1. The van der Waals surface area contributed by atoms with Crippen LogP contribution in [0.25, 0.3) is 22.1 Å². The summed E-state index contributed by atoms with van der Waals surface area (Å²) < 4.78 is 5.87. The van der Waals surface area contributed by atoms with Crippen molar-refractivity contribution in [1.29, 1.82) is 0 Å². The molecule has 3 nitrogen and oxygen atoms in total. The highest BCUT2D eigenvalue weighted by Gasteiger charge is 2.13. The molecule has 3 aromatic rings. The van der Waals surface area contributed by atoms with Gasteiger partial charge in [-0.15, -0.1) is 12.4 Å². The minimum absolute atomic E-state index is 0. The minimum Gasteiger partial charge on any atom is -0.453 e. The Morgan fingerprint density at radius 1 is 1.00 bits per heavy atom. The van der Waals surface area contributed by atoms with Crippen molar-refractivity contribution in [2.75, 3.05) is 13.1 Å². The highest BCUT2D eigenvalue weighted by molar-refractivity contribution is 6.01. The molecule has 1 aromatic heterocycles. The summed E-state index contributed by atoms with van der Waals surface area (Å²) in [5, 5.41) is 4.35. The van der Waals surface area contributed by atoms with Crippen molar-refractivity contribution < 1.29 is 4.42 Å². The van der Waals surface area contributed by atoms with Crippen molar-refractivity contribution in [2.45, 2.75) is 6.92 Å². The molecule has 0 aliphatic carbocycles. The van der Waals surface area contributed by atoms with E-state index < -0.39 is 0 Å². The van der Waals surface area contributed by atoms with Gasteiger partial charge in [-0.1, -0.05) is 35.9 Å². The number of hydrogen-bond donors (Lipinski definition) is 1. The number of rotatable bonds is 2. The first kappa shape index (κ1) is 14.7. The van der Waals surface area contributed by atoms with E-state index in [2.05, 4.69) is 59.7 Å². The summed E-state index contributed by atoms with van der Waals surface area (Å²) in [7, 11) is 0. The summed E-state index contributed by atoms with van der Waals surface area (Å²) in [6, 6.07) is 16.9. The number of hydrogen-bond acceptors (Lipinski definition) is 3. The summed E-state index contributed by atoms with van der Waals surface area (Å²) in [4.78, 5) is 4.40. The first-order valence-corrected chi connectivity index (χ1v) is 7.19. The fraction of sp³-hybridized carbons (Fsp3) is 0.167. The molecule has 2 aromatic carbocycles. The molecule has 0 radical (unpaired) electrons. The van der Waals surface area contributed by atoms with Gasteiger partial charge in [0.15, 0.2) is 11.6 Å². The molecule has 4 rings (SSSR count). The zero-order valence-corrected chi connectivity index (χ0v) is 13.1. The highest BCUT2D eigenvalue weighted by atomic mass is 35.5. The normalized spacial score (nSPS) is 13.6. The van der Waals surface area contributed by atoms with E-state index in [1.807, 2.05) is 6.07 Å². The number of benzene rings is 2. The summed E-state index contributed by atoms with van der Waals surface area (Å²) in [5.74, 6) is 1.69. The monoisotopic (exact) mass is 312 g/mol. The van der Waals surface area contributed by atoms with Gasteiger partial charge in [0.25, 0.3) is 0 Å². The Balaban J connectivity index is 0.00000144. The lowest BCUT2D eigenvalue weighted by molar-refractivity contribution is 0.602. The Morgan fingerprint density at radius 3 is 2.50 bits per heavy atom. The molecule has 22 heavy (non-hydrogen) atoms. The lowest BCUT2D eigenvalue weighted by Crippen LogP contribution is -2.18. The smallest absolute Gasteiger partial charge is 0.170 e. The third kappa shape index (κ3) is 2.60. The average molecular weight is 313 g/mol. The third-order valence-electron chi connectivity index (χ3n) is 3.81. The first-order valence-electron chi connectivity index (χ1n) is 7.19. The summed E-state index contributed by atoms with van der Waals surface area (Å²) in [6.45, 7) is 3.81. The summed E-state index contributed by atoms with van der Waals surface area (Å²) >= 11 is 0. The van der Waals surface area contributed by atoms with Crippen molar-refractivity contribution in [1.82, 2.24) is 5.32 Å². The number of amidine groups is 1. The van der Waals surface area contributed by atoms with E-state index in [9.17, 15) is 0 Å². The van der Waals surface area contributed by atoms with Gasteiger partial charge in [0, 0.05) is 11.9 Å². The molecule has 0 bridgehead atoms. The van der Waals surface area contributed by atoms with E-state index in [1.165, 1.54) is 16.7 Å². The van der Waals surface area contributed by atoms with Gasteiger partial charge in [0.2, 0.25) is 0 Å². The van der Waals surface area contributed by atoms with Crippen LogP contribution in [-0.2, 0) is 0 Å². The topological polar surface area (TPSA) is 37.5 Å². The third-order valence-corrected chi connectivity index (χ3v) is 3.81. The van der Waals surface area contributed by atoms with Gasteiger partial charge in [0.05, 0.1) is 6.54 Å². The molecule has 0 saturated heterocycles. The van der Waals surface area contributed by atoms with Gasteiger partial charge < -0.3 is 9.73 Å². The van der Waals surface area contributed by atoms with Gasteiger partial charge in [0.1, 0.15) is 5.58 Å². The molecule has 2 heterocycles. The average Bonchev–Trinajstić information content (AvgIpc) is 3.16. The molecule has 0 unspecified atom stereocenters. The maximum atomic E-state index is 5.87. The zero-order chi connectivity index (χ0) is 14.2. The number of nitrogens with zero attached hydrogens (tertiary/aromatic N) is 1. The van der Waals surface area contributed by atoms with Crippen LogP contribution in [0.15, 0.2) is 57.9 Å². The minimum atomic E-state index is 0. The molecular weight excluding hydrogens is 296 g/mol. The molecule has 112 valence electrons. The van der Waals surface area contributed by atoms with Crippen LogP contribution in [0.4, 0.5) is 0 Å². The number of nitrogens with one attached hydrogen (secondary N) is 1. The maximum absolute atomic E-state index is 5.87. The van der Waals surface area contributed by atoms with E-state index in [-0.39, 0.29) is 12.4 Å². The van der Waals surface area contributed by atoms with Gasteiger partial charge in [-0.3, -0.25) is 4.99 Å². The number of furan rings is 1. The molecular formula is C18H17ClN2O. The van der Waals surface area contributed by atoms with Gasteiger partial charge in [-0.2, -0.15) is 0 Å². The van der Waals surface area contributed by atoms with E-state index in [0.717, 1.165) is 35.7 Å². The second-order valence-electron chi connectivity index (χ2n) is 5.39. The van der Waals surface area contributed by atoms with Crippen LogP contribution in [0.2, 0.25) is 0 Å². The largest absolute Gasteiger partial charge is 0.453 e. The van der Waals surface area contributed by atoms with Gasteiger partial charge in [-0.25, -0.2) is 0 Å². The highest BCUT2D eigenvalue weighted by Crippen LogP contribution is 2.27. The Kier molecular flexibility index (Phi) is 3.90. The standard InChI is InChI=1S/C18H16N2O.ClH/c1-12-2-4-13(5-3-12)14-6-7-16-15(10-14)11-17(21-16)18-19-8-9-20-18;/h2-7,10-11H,8-9H2,1H3,(H,19,20);1H. The fourth-order valence-corrected chi connectivity index (χ4v) is 2.65. The van der Waals surface area contributed by atoms with Crippen LogP contribution in [0.3, 0.4) is 0 Å². The van der Waals surface area contributed by atoms with Crippen LogP contribution in [-0.4, -0.2) is 18.9 Å². The second-order valence-corrected chi connectivity index (χ2v) is 5.39. The van der Waals surface area contributed by atoms with Crippen molar-refractivity contribution in [2.24, 2.45) is 4.99 Å². The van der Waals surface area contributed by atoms with Crippen molar-refractivity contribution in [3.8, 4) is 11.1 Å². The molecule has 0 atom stereocenters. The fourth-order valence-electron chi connectivity index (χ4n) is 2.65. The molecule has 0 amide bonds. The lowest BCUT2D eigenvalue weighted by Gasteiger charge is -2.02. The quantitative estimate of drug-likeness (QED) is 0.771. The number of fused-ring (bicyclic) bond motifs is 1. The Bertz CT molecular complexity index is 834. The number of aliphatic imine (C=N–C) groups is 1. The second kappa shape index (κ2) is 5.85. The van der Waals surface area contributed by atoms with Crippen LogP contribution in [0, 0.1) is 6.92 Å². The SMILES string of the molecule is Cc1ccc(-c2ccc3oc(C4=NCCN4)cc3c2)cc1.Cl. The van der Waals surface area contributed by atoms with Crippen molar-refractivity contribution >= 4 is 29.2 Å². The summed E-state index contributed by atoms with van der Waals surface area (Å²) in [6.07, 6.45) is 0. The van der Waals surface area contributed by atoms with E-state index in [4.69, 9.17) is 4.42 Å². The van der Waals surface area contributed by atoms with Crippen LogP contribution >= 0.6 is 12.4 Å². The van der Waals surface area contributed by atoms with E-state index in [0.29, 0.717) is 0 Å². The Morgan fingerprint density at radius 2 is 1.77 bits per heavy atom. The number of aryl methyl sites for hydroxylation is 1. The van der Waals surface area contributed by atoms with Gasteiger partial charge >= 0.3 is 0 Å². The molecule has 4 heteroatoms. The molecule has 0 saturated carbocycles. The van der Waals surface area contributed by atoms with Crippen LogP contribution in [0.5, 0.6) is 0 Å². The van der Waals surface area contributed by atoms with Crippen LogP contribution in [0.1, 0.15) is 11.3 Å². The lowest BCUT2D eigenvalue weighted by atomic mass is 10.0. The molecule has 1 N–H and O–H groups in total. The molecule has 1 aliphatic heterocycles. The molecule has 0 spiro atoms. The summed E-state index contributed by atoms with van der Waals surface area (Å²) in [5.41, 5.74) is 4.60. The Hall–Kier alpha value is -2.26. The van der Waals surface area contributed by atoms with Crippen LogP contribution < -0.4 is 5.32 Å². The molecule has 0 fully saturated rings. The first-order chi connectivity index (χ1) is 10.3. The van der Waals surface area contributed by atoms with Crippen molar-refractivity contribution in [3.63, 3.8) is 0 Å². The maximum Gasteiger partial charge on any atom is 0.170 e. The Labute approximate surface area is 135 Å². The predicted molar refractivity (Wildman–Crippen MR) is 93.0 cm³/mol. The van der Waals surface area contributed by atoms with E-state index >= 15 is 0 Å². The zero-order valence-electron chi connectivity index (χ0n) is 12.3.